The number of nitrogens with zero attached hydrogens (tertiary/aromatic N) is 2. The van der Waals surface area contributed by atoms with E-state index in [1.165, 1.54) is 4.90 Å². The number of nitrogens with one attached hydrogen (secondary N) is 1. The van der Waals surface area contributed by atoms with Gasteiger partial charge in [-0.1, -0.05) is 78.9 Å². The fourth-order valence-electron chi connectivity index (χ4n) is 5.98. The largest absolute Gasteiger partial charge is 0.306 e. The number of fused-ring (bicyclic) bond motifs is 4. The molecule has 3 aliphatic rings. The zero-order chi connectivity index (χ0) is 24.2. The minimum absolute atomic E-state index is 0.188. The van der Waals surface area contributed by atoms with Crippen LogP contribution in [-0.2, 0) is 19.9 Å². The Labute approximate surface area is 203 Å². The predicted molar refractivity (Wildman–Crippen MR) is 134 cm³/mol. The van der Waals surface area contributed by atoms with Crippen molar-refractivity contribution in [2.75, 3.05) is 16.3 Å². The van der Waals surface area contributed by atoms with Crippen molar-refractivity contribution in [2.24, 2.45) is 11.8 Å². The maximum absolute atomic E-state index is 14.2. The van der Waals surface area contributed by atoms with Gasteiger partial charge in [0, 0.05) is 23.8 Å². The lowest BCUT2D eigenvalue weighted by Gasteiger charge is -2.30. The molecule has 0 aliphatic carbocycles. The highest BCUT2D eigenvalue weighted by atomic mass is 16.2. The number of hydrogen-bond acceptors (Lipinski definition) is 4. The lowest BCUT2D eigenvalue weighted by Crippen LogP contribution is -2.55. The first-order valence-electron chi connectivity index (χ1n) is 11.9. The van der Waals surface area contributed by atoms with E-state index in [1.807, 2.05) is 79.7 Å². The molecule has 0 aromatic heterocycles. The van der Waals surface area contributed by atoms with Crippen LogP contribution in [0.15, 0.2) is 91.0 Å². The molecule has 6 heteroatoms. The topological polar surface area (TPSA) is 69.7 Å². The number of amides is 3. The van der Waals surface area contributed by atoms with Gasteiger partial charge >= 0.3 is 0 Å². The number of hydrogen-bond donors (Lipinski definition) is 1. The van der Waals surface area contributed by atoms with Crippen molar-refractivity contribution in [3.63, 3.8) is 0 Å². The van der Waals surface area contributed by atoms with Crippen molar-refractivity contribution in [3.05, 3.63) is 102 Å². The smallest absolute Gasteiger partial charge is 0.253 e. The molecule has 2 fully saturated rings. The second-order valence-electron chi connectivity index (χ2n) is 9.34. The van der Waals surface area contributed by atoms with E-state index in [0.717, 1.165) is 16.8 Å². The second-order valence-corrected chi connectivity index (χ2v) is 9.34. The number of carbonyl (C=O) groups is 3. The van der Waals surface area contributed by atoms with Crippen LogP contribution in [0.3, 0.4) is 0 Å². The summed E-state index contributed by atoms with van der Waals surface area (Å²) < 4.78 is 0. The summed E-state index contributed by atoms with van der Waals surface area (Å²) in [5.74, 6) is -2.18. The van der Waals surface area contributed by atoms with Crippen LogP contribution < -0.4 is 15.1 Å². The van der Waals surface area contributed by atoms with Crippen LogP contribution in [0.1, 0.15) is 18.1 Å². The van der Waals surface area contributed by atoms with Crippen LogP contribution >= 0.6 is 0 Å². The van der Waals surface area contributed by atoms with Gasteiger partial charge < -0.3 is 4.90 Å². The summed E-state index contributed by atoms with van der Waals surface area (Å²) in [6, 6.07) is 26.1. The summed E-state index contributed by atoms with van der Waals surface area (Å²) >= 11 is 0. The minimum atomic E-state index is -1.27. The van der Waals surface area contributed by atoms with Crippen LogP contribution in [0.5, 0.6) is 0 Å². The van der Waals surface area contributed by atoms with Crippen molar-refractivity contribution in [1.82, 2.24) is 5.32 Å². The molecule has 1 spiro atoms. The number of anilines is 2. The Morgan fingerprint density at radius 3 is 2.26 bits per heavy atom. The van der Waals surface area contributed by atoms with Gasteiger partial charge in [-0.05, 0) is 30.7 Å². The molecular formula is C29H25N3O3. The van der Waals surface area contributed by atoms with E-state index < -0.39 is 17.4 Å². The predicted octanol–water partition coefficient (Wildman–Crippen LogP) is 3.74. The molecule has 3 amide bonds. The van der Waals surface area contributed by atoms with Gasteiger partial charge in [0.2, 0.25) is 11.8 Å². The average molecular weight is 464 g/mol. The Morgan fingerprint density at radius 2 is 1.51 bits per heavy atom. The summed E-state index contributed by atoms with van der Waals surface area (Å²) in [7, 11) is 0. The highest BCUT2D eigenvalue weighted by Gasteiger charge is 2.70. The van der Waals surface area contributed by atoms with Gasteiger partial charge in [-0.15, -0.1) is 0 Å². The van der Waals surface area contributed by atoms with E-state index in [1.54, 1.807) is 29.2 Å². The fraction of sp³-hybridized carbons (Fsp3) is 0.207. The molecule has 0 saturated carbocycles. The molecule has 3 aromatic carbocycles. The molecule has 0 unspecified atom stereocenters. The van der Waals surface area contributed by atoms with Crippen molar-refractivity contribution in [2.45, 2.75) is 18.5 Å². The number of carbonyl (C=O) groups excluding carboxylic acids is 3. The van der Waals surface area contributed by atoms with Gasteiger partial charge in [0.1, 0.15) is 5.54 Å². The van der Waals surface area contributed by atoms with Crippen LogP contribution in [-0.4, -0.2) is 30.3 Å². The molecule has 4 atom stereocenters. The first-order chi connectivity index (χ1) is 17.0. The monoisotopic (exact) mass is 463 g/mol. The molecule has 1 N–H and O–H groups in total. The standard InChI is InChI=1S/C29H25N3O3/c1-19-24-25(27(34)32(26(24)33)21-14-6-3-7-15-21)29(30-19)22-16-8-9-17-23(22)31(28(29)35)18-10-13-20-11-4-2-5-12-20/h2-17,19,24-25,30H,18H2,1H3/b13-10-/t19-,24-,25+,29-/m0/s1. The Morgan fingerprint density at radius 1 is 0.857 bits per heavy atom. The maximum Gasteiger partial charge on any atom is 0.253 e. The van der Waals surface area contributed by atoms with Crippen LogP contribution in [0.4, 0.5) is 11.4 Å². The number of benzene rings is 3. The molecule has 0 radical (unpaired) electrons. The molecule has 6 rings (SSSR count). The van der Waals surface area contributed by atoms with E-state index in [0.29, 0.717) is 12.2 Å². The molecule has 2 saturated heterocycles. The normalized spacial score (nSPS) is 27.3. The van der Waals surface area contributed by atoms with Crippen molar-refractivity contribution in [1.29, 1.82) is 0 Å². The quantitative estimate of drug-likeness (QED) is 0.599. The third-order valence-electron chi connectivity index (χ3n) is 7.43. The van der Waals surface area contributed by atoms with Crippen molar-refractivity contribution in [3.8, 4) is 0 Å². The molecule has 3 aromatic rings. The highest BCUT2D eigenvalue weighted by molar-refractivity contribution is 6.26. The Hall–Kier alpha value is -4.03. The summed E-state index contributed by atoms with van der Waals surface area (Å²) in [4.78, 5) is 44.5. The summed E-state index contributed by atoms with van der Waals surface area (Å²) in [5.41, 5.74) is 1.85. The van der Waals surface area contributed by atoms with Crippen LogP contribution in [0.2, 0.25) is 0 Å². The third-order valence-corrected chi connectivity index (χ3v) is 7.43. The minimum Gasteiger partial charge on any atom is -0.306 e. The molecular weight excluding hydrogens is 438 g/mol. The zero-order valence-electron chi connectivity index (χ0n) is 19.3. The van der Waals surface area contributed by atoms with E-state index in [-0.39, 0.29) is 23.8 Å². The van der Waals surface area contributed by atoms with Crippen LogP contribution in [0.25, 0.3) is 6.08 Å². The molecule has 0 bridgehead atoms. The Kier molecular flexibility index (Phi) is 4.93. The third kappa shape index (κ3) is 3.03. The molecule has 174 valence electrons. The Bertz CT molecular complexity index is 1350. The van der Waals surface area contributed by atoms with Gasteiger partial charge in [0.05, 0.1) is 17.5 Å². The number of para-hydroxylation sites is 2. The molecule has 6 nitrogen and oxygen atoms in total. The number of imide groups is 1. The summed E-state index contributed by atoms with van der Waals surface area (Å²) in [6.45, 7) is 2.25. The van der Waals surface area contributed by atoms with E-state index in [9.17, 15) is 14.4 Å². The number of rotatable bonds is 4. The molecule has 3 heterocycles. The zero-order valence-corrected chi connectivity index (χ0v) is 19.3. The Balaban J connectivity index is 1.40. The van der Waals surface area contributed by atoms with Gasteiger partial charge in [-0.25, -0.2) is 4.90 Å². The second kappa shape index (κ2) is 8.03. The van der Waals surface area contributed by atoms with Gasteiger partial charge in [0.25, 0.3) is 5.91 Å². The summed E-state index contributed by atoms with van der Waals surface area (Å²) in [6.07, 6.45) is 3.94. The van der Waals surface area contributed by atoms with Crippen LogP contribution in [0, 0.1) is 11.8 Å². The van der Waals surface area contributed by atoms with Gasteiger partial charge in [0.15, 0.2) is 0 Å². The van der Waals surface area contributed by atoms with E-state index in [2.05, 4.69) is 5.32 Å². The van der Waals surface area contributed by atoms with E-state index in [4.69, 9.17) is 0 Å². The van der Waals surface area contributed by atoms with E-state index >= 15 is 0 Å². The molecule has 35 heavy (non-hydrogen) atoms. The summed E-state index contributed by atoms with van der Waals surface area (Å²) in [5, 5.41) is 3.42. The van der Waals surface area contributed by atoms with Gasteiger partial charge in [-0.2, -0.15) is 0 Å². The SMILES string of the molecule is C[C@@H]1N[C@]2(C(=O)N(C/C=C\c3ccccc3)c3ccccc32)[C@H]2C(=O)N(c3ccccc3)C(=O)[C@@H]12. The average Bonchev–Trinajstić information content (AvgIpc) is 3.43. The van der Waals surface area contributed by atoms with Crippen molar-refractivity contribution >= 4 is 35.2 Å². The first-order valence-corrected chi connectivity index (χ1v) is 11.9. The maximum atomic E-state index is 14.2. The lowest BCUT2D eigenvalue weighted by molar-refractivity contribution is -0.132. The lowest BCUT2D eigenvalue weighted by atomic mass is 9.76. The fourth-order valence-corrected chi connectivity index (χ4v) is 5.98. The first kappa shape index (κ1) is 21.5. The molecule has 3 aliphatic heterocycles. The van der Waals surface area contributed by atoms with Crippen molar-refractivity contribution < 1.29 is 14.4 Å². The van der Waals surface area contributed by atoms with Gasteiger partial charge in [-0.3, -0.25) is 19.7 Å². The highest BCUT2D eigenvalue weighted by Crippen LogP contribution is 2.54.